The number of aromatic carboxylic acids is 1. The van der Waals surface area contributed by atoms with Crippen LogP contribution in [0, 0.1) is 13.8 Å². The zero-order valence-electron chi connectivity index (χ0n) is 10.3. The highest BCUT2D eigenvalue weighted by molar-refractivity contribution is 5.90. The molecule has 0 aliphatic heterocycles. The van der Waals surface area contributed by atoms with Crippen molar-refractivity contribution in [2.24, 2.45) is 0 Å². The maximum absolute atomic E-state index is 11.1. The van der Waals surface area contributed by atoms with E-state index in [0.29, 0.717) is 23.1 Å². The molecule has 18 heavy (non-hydrogen) atoms. The summed E-state index contributed by atoms with van der Waals surface area (Å²) in [6.07, 6.45) is 0. The van der Waals surface area contributed by atoms with Crippen LogP contribution in [0.3, 0.4) is 0 Å². The van der Waals surface area contributed by atoms with Gasteiger partial charge in [0.1, 0.15) is 5.56 Å². The van der Waals surface area contributed by atoms with Crippen molar-refractivity contribution in [3.63, 3.8) is 0 Å². The van der Waals surface area contributed by atoms with Gasteiger partial charge in [-0.05, 0) is 19.9 Å². The SMILES string of the molecule is COc1cccc(-n2nc(C)c(C(=O)O)c2C)n1. The smallest absolute Gasteiger partial charge is 0.339 e. The summed E-state index contributed by atoms with van der Waals surface area (Å²) in [5, 5.41) is 13.3. The Morgan fingerprint density at radius 1 is 1.39 bits per heavy atom. The van der Waals surface area contributed by atoms with Crippen LogP contribution in [0.25, 0.3) is 5.82 Å². The van der Waals surface area contributed by atoms with Crippen molar-refractivity contribution < 1.29 is 14.6 Å². The monoisotopic (exact) mass is 247 g/mol. The van der Waals surface area contributed by atoms with E-state index in [2.05, 4.69) is 10.1 Å². The lowest BCUT2D eigenvalue weighted by atomic mass is 10.2. The number of carboxylic acid groups (broad SMARTS) is 1. The summed E-state index contributed by atoms with van der Waals surface area (Å²) >= 11 is 0. The van der Waals surface area contributed by atoms with Crippen LogP contribution in [-0.4, -0.2) is 33.0 Å². The molecule has 2 aromatic rings. The molecular formula is C12H13N3O3. The molecule has 6 nitrogen and oxygen atoms in total. The van der Waals surface area contributed by atoms with Gasteiger partial charge in [0.05, 0.1) is 18.5 Å². The van der Waals surface area contributed by atoms with Gasteiger partial charge in [0, 0.05) is 6.07 Å². The van der Waals surface area contributed by atoms with E-state index < -0.39 is 5.97 Å². The van der Waals surface area contributed by atoms with E-state index in [1.54, 1.807) is 32.0 Å². The maximum atomic E-state index is 11.1. The fourth-order valence-corrected chi connectivity index (χ4v) is 1.81. The third-order valence-corrected chi connectivity index (χ3v) is 2.64. The molecule has 0 unspecified atom stereocenters. The Balaban J connectivity index is 2.57. The molecule has 0 aliphatic carbocycles. The van der Waals surface area contributed by atoms with Crippen LogP contribution in [0.1, 0.15) is 21.7 Å². The third kappa shape index (κ3) is 1.92. The molecule has 0 spiro atoms. The summed E-state index contributed by atoms with van der Waals surface area (Å²) in [7, 11) is 1.52. The van der Waals surface area contributed by atoms with Gasteiger partial charge in [-0.15, -0.1) is 0 Å². The Hall–Kier alpha value is -2.37. The first-order valence-electron chi connectivity index (χ1n) is 5.35. The Morgan fingerprint density at radius 3 is 2.67 bits per heavy atom. The normalized spacial score (nSPS) is 10.4. The standard InChI is InChI=1S/C12H13N3O3/c1-7-11(12(16)17)8(2)15(14-7)9-5-4-6-10(13-9)18-3/h4-6H,1-3H3,(H,16,17). The molecule has 0 aliphatic rings. The summed E-state index contributed by atoms with van der Waals surface area (Å²) in [5.74, 6) is -0.00137. The van der Waals surface area contributed by atoms with Crippen molar-refractivity contribution in [1.29, 1.82) is 0 Å². The second-order valence-corrected chi connectivity index (χ2v) is 3.80. The number of carboxylic acids is 1. The summed E-state index contributed by atoms with van der Waals surface area (Å²) in [6, 6.07) is 5.24. The zero-order valence-corrected chi connectivity index (χ0v) is 10.3. The van der Waals surface area contributed by atoms with E-state index in [1.165, 1.54) is 11.8 Å². The lowest BCUT2D eigenvalue weighted by Gasteiger charge is -2.05. The Morgan fingerprint density at radius 2 is 2.11 bits per heavy atom. The number of carbonyl (C=O) groups is 1. The van der Waals surface area contributed by atoms with E-state index in [9.17, 15) is 4.79 Å². The minimum absolute atomic E-state index is 0.208. The van der Waals surface area contributed by atoms with Crippen molar-refractivity contribution in [3.05, 3.63) is 35.2 Å². The van der Waals surface area contributed by atoms with Crippen LogP contribution in [-0.2, 0) is 0 Å². The van der Waals surface area contributed by atoms with Gasteiger partial charge in [0.15, 0.2) is 5.82 Å². The van der Waals surface area contributed by atoms with E-state index in [0.717, 1.165) is 0 Å². The van der Waals surface area contributed by atoms with E-state index in [-0.39, 0.29) is 5.56 Å². The molecule has 2 rings (SSSR count). The minimum Gasteiger partial charge on any atom is -0.481 e. The first-order valence-corrected chi connectivity index (χ1v) is 5.35. The molecule has 2 heterocycles. The quantitative estimate of drug-likeness (QED) is 0.891. The summed E-state index contributed by atoms with van der Waals surface area (Å²) in [4.78, 5) is 15.3. The van der Waals surface area contributed by atoms with Gasteiger partial charge in [-0.2, -0.15) is 10.1 Å². The van der Waals surface area contributed by atoms with Gasteiger partial charge in [-0.1, -0.05) is 6.07 Å². The topological polar surface area (TPSA) is 77.2 Å². The summed E-state index contributed by atoms with van der Waals surface area (Å²) in [5.41, 5.74) is 1.21. The van der Waals surface area contributed by atoms with E-state index >= 15 is 0 Å². The maximum Gasteiger partial charge on any atom is 0.339 e. The van der Waals surface area contributed by atoms with E-state index in [4.69, 9.17) is 9.84 Å². The second kappa shape index (κ2) is 4.48. The Kier molecular flexibility index (Phi) is 3.01. The molecule has 0 radical (unpaired) electrons. The van der Waals surface area contributed by atoms with Crippen molar-refractivity contribution in [1.82, 2.24) is 14.8 Å². The van der Waals surface area contributed by atoms with Crippen LogP contribution < -0.4 is 4.74 Å². The van der Waals surface area contributed by atoms with Crippen LogP contribution in [0.4, 0.5) is 0 Å². The first kappa shape index (κ1) is 12.1. The van der Waals surface area contributed by atoms with Crippen molar-refractivity contribution in [2.75, 3.05) is 7.11 Å². The first-order chi connectivity index (χ1) is 8.54. The number of ether oxygens (including phenoxy) is 1. The predicted molar refractivity (Wildman–Crippen MR) is 64.3 cm³/mol. The van der Waals surface area contributed by atoms with Crippen molar-refractivity contribution in [2.45, 2.75) is 13.8 Å². The van der Waals surface area contributed by atoms with Crippen LogP contribution in [0.15, 0.2) is 18.2 Å². The number of hydrogen-bond donors (Lipinski definition) is 1. The van der Waals surface area contributed by atoms with Crippen molar-refractivity contribution >= 4 is 5.97 Å². The molecule has 1 N–H and O–H groups in total. The summed E-state index contributed by atoms with van der Waals surface area (Å²) in [6.45, 7) is 3.36. The number of methoxy groups -OCH3 is 1. The molecule has 0 atom stereocenters. The van der Waals surface area contributed by atoms with Crippen molar-refractivity contribution in [3.8, 4) is 11.7 Å². The highest BCUT2D eigenvalue weighted by Crippen LogP contribution is 2.18. The molecule has 0 aromatic carbocycles. The highest BCUT2D eigenvalue weighted by Gasteiger charge is 2.19. The Bertz CT molecular complexity index is 605. The average molecular weight is 247 g/mol. The molecule has 94 valence electrons. The van der Waals surface area contributed by atoms with Gasteiger partial charge >= 0.3 is 5.97 Å². The van der Waals surface area contributed by atoms with E-state index in [1.807, 2.05) is 0 Å². The highest BCUT2D eigenvalue weighted by atomic mass is 16.5. The van der Waals surface area contributed by atoms with Gasteiger partial charge in [0.2, 0.25) is 5.88 Å². The molecule has 2 aromatic heterocycles. The van der Waals surface area contributed by atoms with Gasteiger partial charge in [-0.3, -0.25) is 0 Å². The van der Waals surface area contributed by atoms with Gasteiger partial charge < -0.3 is 9.84 Å². The predicted octanol–water partition coefficient (Wildman–Crippen LogP) is 1.59. The molecule has 0 bridgehead atoms. The zero-order chi connectivity index (χ0) is 13.3. The fourth-order valence-electron chi connectivity index (χ4n) is 1.81. The molecule has 0 saturated heterocycles. The van der Waals surface area contributed by atoms with Crippen LogP contribution in [0.2, 0.25) is 0 Å². The number of aromatic nitrogens is 3. The number of pyridine rings is 1. The summed E-state index contributed by atoms with van der Waals surface area (Å²) < 4.78 is 6.53. The molecular weight excluding hydrogens is 234 g/mol. The fraction of sp³-hybridized carbons (Fsp3) is 0.250. The Labute approximate surface area is 104 Å². The average Bonchev–Trinajstić information content (AvgIpc) is 2.65. The number of rotatable bonds is 3. The molecule has 0 saturated carbocycles. The number of hydrogen-bond acceptors (Lipinski definition) is 4. The number of nitrogens with zero attached hydrogens (tertiary/aromatic N) is 3. The van der Waals surface area contributed by atoms with Crippen LogP contribution >= 0.6 is 0 Å². The van der Waals surface area contributed by atoms with Gasteiger partial charge in [0.25, 0.3) is 0 Å². The largest absolute Gasteiger partial charge is 0.481 e. The van der Waals surface area contributed by atoms with Crippen LogP contribution in [0.5, 0.6) is 5.88 Å². The lowest BCUT2D eigenvalue weighted by Crippen LogP contribution is -2.04. The molecule has 0 amide bonds. The van der Waals surface area contributed by atoms with Gasteiger partial charge in [-0.25, -0.2) is 9.48 Å². The second-order valence-electron chi connectivity index (χ2n) is 3.80. The minimum atomic E-state index is -0.987. The molecule has 6 heteroatoms. The lowest BCUT2D eigenvalue weighted by molar-refractivity contribution is 0.0695. The molecule has 0 fully saturated rings. The third-order valence-electron chi connectivity index (χ3n) is 2.64. The number of aryl methyl sites for hydroxylation is 1.